The maximum Gasteiger partial charge on any atom is 0.259 e. The molecule has 3 heteroatoms. The number of hydrogen-bond acceptors (Lipinski definition) is 2. The smallest absolute Gasteiger partial charge is 0.259 e. The van der Waals surface area contributed by atoms with Crippen molar-refractivity contribution in [2.75, 3.05) is 0 Å². The van der Waals surface area contributed by atoms with E-state index in [1.807, 2.05) is 80.6 Å². The average molecular weight is 293 g/mol. The normalized spacial score (nSPS) is 26.8. The number of carbonyl (C=O) groups is 1. The molecule has 0 saturated carbocycles. The Morgan fingerprint density at radius 1 is 1.00 bits per heavy atom. The summed E-state index contributed by atoms with van der Waals surface area (Å²) >= 11 is 0. The molecule has 112 valence electrons. The molecule has 1 saturated heterocycles. The van der Waals surface area contributed by atoms with Gasteiger partial charge in [0.15, 0.2) is 5.60 Å². The third kappa shape index (κ3) is 2.44. The molecule has 3 rings (SSSR count). The van der Waals surface area contributed by atoms with Crippen molar-refractivity contribution in [3.8, 4) is 0 Å². The summed E-state index contributed by atoms with van der Waals surface area (Å²) in [6.07, 6.45) is 3.53. The minimum absolute atomic E-state index is 0.133. The maximum atomic E-state index is 12.4. The van der Waals surface area contributed by atoms with Crippen molar-refractivity contribution in [1.82, 2.24) is 5.32 Å². The van der Waals surface area contributed by atoms with Crippen LogP contribution in [0.1, 0.15) is 25.0 Å². The van der Waals surface area contributed by atoms with Gasteiger partial charge in [0.05, 0.1) is 0 Å². The van der Waals surface area contributed by atoms with Crippen molar-refractivity contribution in [2.45, 2.75) is 25.0 Å². The predicted octanol–water partition coefficient (Wildman–Crippen LogP) is 3.48. The summed E-state index contributed by atoms with van der Waals surface area (Å²) in [4.78, 5) is 12.4. The van der Waals surface area contributed by atoms with Crippen LogP contribution in [-0.4, -0.2) is 11.5 Å². The quantitative estimate of drug-likeness (QED) is 0.877. The molecule has 3 nitrogen and oxygen atoms in total. The van der Waals surface area contributed by atoms with Crippen molar-refractivity contribution >= 4 is 12.0 Å². The van der Waals surface area contributed by atoms with E-state index in [1.165, 1.54) is 0 Å². The molecular weight excluding hydrogens is 274 g/mol. The first-order valence-electron chi connectivity index (χ1n) is 7.34. The zero-order valence-electron chi connectivity index (χ0n) is 12.7. The second-order valence-corrected chi connectivity index (χ2v) is 5.75. The Hall–Kier alpha value is -2.39. The van der Waals surface area contributed by atoms with Gasteiger partial charge in [0.2, 0.25) is 0 Å². The fourth-order valence-corrected chi connectivity index (χ4v) is 2.65. The van der Waals surface area contributed by atoms with E-state index < -0.39 is 11.2 Å². The molecule has 1 fully saturated rings. The van der Waals surface area contributed by atoms with E-state index in [9.17, 15) is 4.79 Å². The first-order valence-corrected chi connectivity index (χ1v) is 7.34. The summed E-state index contributed by atoms with van der Waals surface area (Å²) in [6, 6.07) is 19.7. The first kappa shape index (κ1) is 14.5. The van der Waals surface area contributed by atoms with Gasteiger partial charge in [0.25, 0.3) is 5.91 Å². The SMILES string of the molecule is C[C@]1(C(=O)N/C=C\c2ccccc2)O[C@]1(C)c1ccccc1. The van der Waals surface area contributed by atoms with Crippen LogP contribution in [0.25, 0.3) is 6.08 Å². The van der Waals surface area contributed by atoms with Gasteiger partial charge < -0.3 is 10.1 Å². The van der Waals surface area contributed by atoms with Crippen molar-refractivity contribution in [1.29, 1.82) is 0 Å². The molecule has 0 spiro atoms. The van der Waals surface area contributed by atoms with E-state index >= 15 is 0 Å². The number of carbonyl (C=O) groups excluding carboxylic acids is 1. The number of epoxide rings is 1. The molecule has 1 aliphatic heterocycles. The van der Waals surface area contributed by atoms with Crippen LogP contribution in [0.15, 0.2) is 66.9 Å². The molecule has 1 aliphatic rings. The van der Waals surface area contributed by atoms with Crippen LogP contribution in [0.3, 0.4) is 0 Å². The number of benzene rings is 2. The lowest BCUT2D eigenvalue weighted by Crippen LogP contribution is -2.36. The van der Waals surface area contributed by atoms with Crippen molar-refractivity contribution in [2.24, 2.45) is 0 Å². The van der Waals surface area contributed by atoms with Gasteiger partial charge in [0, 0.05) is 6.20 Å². The van der Waals surface area contributed by atoms with Gasteiger partial charge in [-0.1, -0.05) is 60.7 Å². The van der Waals surface area contributed by atoms with E-state index in [-0.39, 0.29) is 5.91 Å². The lowest BCUT2D eigenvalue weighted by Gasteiger charge is -2.11. The Bertz CT molecular complexity index is 696. The Morgan fingerprint density at radius 3 is 2.23 bits per heavy atom. The zero-order valence-corrected chi connectivity index (χ0v) is 12.7. The summed E-state index contributed by atoms with van der Waals surface area (Å²) in [5.74, 6) is -0.133. The number of ether oxygens (including phenoxy) is 1. The molecular formula is C19H19NO2. The second-order valence-electron chi connectivity index (χ2n) is 5.75. The Labute approximate surface area is 130 Å². The van der Waals surface area contributed by atoms with Gasteiger partial charge in [0.1, 0.15) is 5.60 Å². The number of rotatable bonds is 4. The molecule has 1 N–H and O–H groups in total. The third-order valence-corrected chi connectivity index (χ3v) is 4.32. The standard InChI is InChI=1S/C19H19NO2/c1-18(16-11-7-4-8-12-16)19(2,22-18)17(21)20-14-13-15-9-5-3-6-10-15/h3-14H,1-2H3,(H,20,21)/b14-13-/t18-,19-/m1/s1. The maximum absolute atomic E-state index is 12.4. The van der Waals surface area contributed by atoms with E-state index in [0.29, 0.717) is 0 Å². The largest absolute Gasteiger partial charge is 0.348 e. The highest BCUT2D eigenvalue weighted by molar-refractivity contribution is 5.90. The summed E-state index contributed by atoms with van der Waals surface area (Å²) < 4.78 is 5.80. The molecule has 0 aliphatic carbocycles. The highest BCUT2D eigenvalue weighted by atomic mass is 16.6. The minimum atomic E-state index is -0.838. The molecule has 0 aromatic heterocycles. The van der Waals surface area contributed by atoms with Crippen molar-refractivity contribution in [3.05, 3.63) is 78.0 Å². The fourth-order valence-electron chi connectivity index (χ4n) is 2.65. The molecule has 0 radical (unpaired) electrons. The monoisotopic (exact) mass is 293 g/mol. The highest BCUT2D eigenvalue weighted by Gasteiger charge is 2.69. The van der Waals surface area contributed by atoms with E-state index in [2.05, 4.69) is 5.32 Å². The predicted molar refractivity (Wildman–Crippen MR) is 86.9 cm³/mol. The van der Waals surface area contributed by atoms with Crippen LogP contribution >= 0.6 is 0 Å². The zero-order chi connectivity index (χ0) is 15.6. The summed E-state index contributed by atoms with van der Waals surface area (Å²) in [5, 5.41) is 2.81. The average Bonchev–Trinajstić information content (AvgIpc) is 3.14. The summed E-state index contributed by atoms with van der Waals surface area (Å²) in [6.45, 7) is 3.77. The van der Waals surface area contributed by atoms with E-state index in [0.717, 1.165) is 11.1 Å². The second kappa shape index (κ2) is 5.43. The third-order valence-electron chi connectivity index (χ3n) is 4.32. The topological polar surface area (TPSA) is 41.6 Å². The van der Waals surface area contributed by atoms with Crippen molar-refractivity contribution in [3.63, 3.8) is 0 Å². The van der Waals surface area contributed by atoms with E-state index in [4.69, 9.17) is 4.74 Å². The fraction of sp³-hybridized carbons (Fsp3) is 0.211. The molecule has 1 heterocycles. The van der Waals surface area contributed by atoms with Gasteiger partial charge in [-0.25, -0.2) is 0 Å². The Kier molecular flexibility index (Phi) is 3.59. The number of nitrogens with one attached hydrogen (secondary N) is 1. The molecule has 0 bridgehead atoms. The van der Waals surface area contributed by atoms with Gasteiger partial charge >= 0.3 is 0 Å². The molecule has 0 unspecified atom stereocenters. The highest BCUT2D eigenvalue weighted by Crippen LogP contribution is 2.55. The van der Waals surface area contributed by atoms with Crippen LogP contribution in [0.5, 0.6) is 0 Å². The molecule has 1 amide bonds. The minimum Gasteiger partial charge on any atom is -0.348 e. The van der Waals surface area contributed by atoms with Crippen LogP contribution < -0.4 is 5.32 Å². The van der Waals surface area contributed by atoms with Gasteiger partial charge in [-0.15, -0.1) is 0 Å². The van der Waals surface area contributed by atoms with Gasteiger partial charge in [-0.3, -0.25) is 4.79 Å². The first-order chi connectivity index (χ1) is 10.6. The van der Waals surface area contributed by atoms with Crippen molar-refractivity contribution < 1.29 is 9.53 Å². The Morgan fingerprint density at radius 2 is 1.59 bits per heavy atom. The van der Waals surface area contributed by atoms with Crippen LogP contribution in [-0.2, 0) is 15.1 Å². The van der Waals surface area contributed by atoms with Crippen LogP contribution in [0, 0.1) is 0 Å². The van der Waals surface area contributed by atoms with Crippen LogP contribution in [0.2, 0.25) is 0 Å². The van der Waals surface area contributed by atoms with E-state index in [1.54, 1.807) is 6.20 Å². The molecule has 2 atom stereocenters. The molecule has 22 heavy (non-hydrogen) atoms. The molecule has 2 aromatic carbocycles. The number of amides is 1. The lowest BCUT2D eigenvalue weighted by atomic mass is 9.88. The summed E-state index contributed by atoms with van der Waals surface area (Å²) in [5.41, 5.74) is 0.643. The molecule has 2 aromatic rings. The number of hydrogen-bond donors (Lipinski definition) is 1. The lowest BCUT2D eigenvalue weighted by molar-refractivity contribution is -0.124. The van der Waals surface area contributed by atoms with Gasteiger partial charge in [-0.2, -0.15) is 0 Å². The Balaban J connectivity index is 1.68. The van der Waals surface area contributed by atoms with Crippen LogP contribution in [0.4, 0.5) is 0 Å². The summed E-state index contributed by atoms with van der Waals surface area (Å²) in [7, 11) is 0. The van der Waals surface area contributed by atoms with Gasteiger partial charge in [-0.05, 0) is 31.1 Å².